The van der Waals surface area contributed by atoms with Gasteiger partial charge >= 0.3 is 0 Å². The lowest BCUT2D eigenvalue weighted by molar-refractivity contribution is 0.0762. The summed E-state index contributed by atoms with van der Waals surface area (Å²) in [5.74, 6) is 0. The Morgan fingerprint density at radius 1 is 1.32 bits per heavy atom. The van der Waals surface area contributed by atoms with Crippen molar-refractivity contribution in [3.63, 3.8) is 0 Å². The summed E-state index contributed by atoms with van der Waals surface area (Å²) >= 11 is 0. The van der Waals surface area contributed by atoms with Gasteiger partial charge < -0.3 is 10.5 Å². The van der Waals surface area contributed by atoms with Gasteiger partial charge in [-0.25, -0.2) is 13.1 Å². The molecule has 0 aliphatic carbocycles. The number of rotatable bonds is 8. The molecule has 3 N–H and O–H groups in total. The van der Waals surface area contributed by atoms with E-state index in [0.29, 0.717) is 18.8 Å². The molecule has 0 unspecified atom stereocenters. The van der Waals surface area contributed by atoms with E-state index in [-0.39, 0.29) is 11.0 Å². The third-order valence-corrected chi connectivity index (χ3v) is 3.94. The maximum absolute atomic E-state index is 11.9. The molecule has 0 heterocycles. The molecule has 0 aliphatic rings. The predicted molar refractivity (Wildman–Crippen MR) is 76.4 cm³/mol. The second-order valence-electron chi connectivity index (χ2n) is 4.60. The number of nitrogens with two attached hydrogens (primary N) is 1. The lowest BCUT2D eigenvalue weighted by Gasteiger charge is -2.09. The number of hydrogen-bond donors (Lipinski definition) is 2. The zero-order valence-corrected chi connectivity index (χ0v) is 12.2. The van der Waals surface area contributed by atoms with Crippen LogP contribution in [0.3, 0.4) is 0 Å². The van der Waals surface area contributed by atoms with Crippen molar-refractivity contribution in [2.75, 3.05) is 18.9 Å². The van der Waals surface area contributed by atoms with E-state index in [9.17, 15) is 8.42 Å². The summed E-state index contributed by atoms with van der Waals surface area (Å²) in [5, 5.41) is 0. The van der Waals surface area contributed by atoms with E-state index in [1.807, 2.05) is 13.8 Å². The van der Waals surface area contributed by atoms with Gasteiger partial charge in [0.15, 0.2) is 0 Å². The highest BCUT2D eigenvalue weighted by atomic mass is 32.2. The molecule has 1 rings (SSSR count). The van der Waals surface area contributed by atoms with Crippen LogP contribution in [0.15, 0.2) is 29.2 Å². The second kappa shape index (κ2) is 7.47. The van der Waals surface area contributed by atoms with Crippen LogP contribution >= 0.6 is 0 Å². The van der Waals surface area contributed by atoms with Crippen molar-refractivity contribution >= 4 is 15.7 Å². The standard InChI is InChI=1S/C13H22N2O3S/c1-11(2)18-9-4-3-8-15-19(16,17)13-7-5-6-12(14)10-13/h5-7,10-11,15H,3-4,8-9,14H2,1-2H3. The maximum Gasteiger partial charge on any atom is 0.240 e. The molecule has 6 heteroatoms. The van der Waals surface area contributed by atoms with Crippen LogP contribution < -0.4 is 10.5 Å². The molecule has 0 bridgehead atoms. The summed E-state index contributed by atoms with van der Waals surface area (Å²) < 4.78 is 31.8. The lowest BCUT2D eigenvalue weighted by atomic mass is 10.3. The molecule has 0 aromatic heterocycles. The summed E-state index contributed by atoms with van der Waals surface area (Å²) in [4.78, 5) is 0.200. The molecule has 5 nitrogen and oxygen atoms in total. The van der Waals surface area contributed by atoms with Crippen LogP contribution in [0, 0.1) is 0 Å². The summed E-state index contributed by atoms with van der Waals surface area (Å²) in [7, 11) is -3.46. The average Bonchev–Trinajstić information content (AvgIpc) is 2.33. The van der Waals surface area contributed by atoms with Crippen molar-refractivity contribution in [2.24, 2.45) is 0 Å². The fourth-order valence-corrected chi connectivity index (χ4v) is 2.65. The van der Waals surface area contributed by atoms with Gasteiger partial charge in [-0.2, -0.15) is 0 Å². The number of nitrogen functional groups attached to an aromatic ring is 1. The molecule has 0 amide bonds. The van der Waals surface area contributed by atoms with Crippen molar-refractivity contribution < 1.29 is 13.2 Å². The molecule has 0 atom stereocenters. The minimum atomic E-state index is -3.46. The zero-order valence-electron chi connectivity index (χ0n) is 11.4. The van der Waals surface area contributed by atoms with Crippen molar-refractivity contribution in [1.29, 1.82) is 0 Å². The summed E-state index contributed by atoms with van der Waals surface area (Å²) in [6.07, 6.45) is 1.79. The molecule has 19 heavy (non-hydrogen) atoms. The second-order valence-corrected chi connectivity index (χ2v) is 6.36. The monoisotopic (exact) mass is 286 g/mol. The van der Waals surface area contributed by atoms with Gasteiger partial charge in [0.1, 0.15) is 0 Å². The fourth-order valence-electron chi connectivity index (χ4n) is 1.52. The van der Waals surface area contributed by atoms with Gasteiger partial charge in [0.25, 0.3) is 0 Å². The number of hydrogen-bond acceptors (Lipinski definition) is 4. The van der Waals surface area contributed by atoms with E-state index in [1.54, 1.807) is 12.1 Å². The van der Waals surface area contributed by atoms with Gasteiger partial charge in [0.2, 0.25) is 10.0 Å². The van der Waals surface area contributed by atoms with E-state index in [4.69, 9.17) is 10.5 Å². The Bertz CT molecular complexity index is 486. The normalized spacial score (nSPS) is 11.9. The highest BCUT2D eigenvalue weighted by molar-refractivity contribution is 7.89. The Morgan fingerprint density at radius 3 is 2.68 bits per heavy atom. The van der Waals surface area contributed by atoms with E-state index >= 15 is 0 Å². The third kappa shape index (κ3) is 6.04. The number of nitrogens with one attached hydrogen (secondary N) is 1. The quantitative estimate of drug-likeness (QED) is 0.563. The molecule has 0 saturated carbocycles. The number of benzene rings is 1. The molecular formula is C13H22N2O3S. The van der Waals surface area contributed by atoms with Crippen LogP contribution in [-0.4, -0.2) is 27.7 Å². The van der Waals surface area contributed by atoms with E-state index in [2.05, 4.69) is 4.72 Å². The zero-order chi connectivity index (χ0) is 14.3. The minimum absolute atomic E-state index is 0.200. The summed E-state index contributed by atoms with van der Waals surface area (Å²) in [6, 6.07) is 6.26. The highest BCUT2D eigenvalue weighted by Crippen LogP contribution is 2.12. The Kier molecular flexibility index (Phi) is 6.27. The molecule has 1 aromatic rings. The van der Waals surface area contributed by atoms with Gasteiger partial charge in [0.05, 0.1) is 11.0 Å². The first-order chi connectivity index (χ1) is 8.92. The number of unbranched alkanes of at least 4 members (excludes halogenated alkanes) is 1. The molecule has 0 saturated heterocycles. The Morgan fingerprint density at radius 2 is 2.05 bits per heavy atom. The Labute approximate surface area is 115 Å². The SMILES string of the molecule is CC(C)OCCCCNS(=O)(=O)c1cccc(N)c1. The van der Waals surface area contributed by atoms with Crippen LogP contribution in [0.2, 0.25) is 0 Å². The molecular weight excluding hydrogens is 264 g/mol. The highest BCUT2D eigenvalue weighted by Gasteiger charge is 2.12. The van der Waals surface area contributed by atoms with Gasteiger partial charge in [-0.3, -0.25) is 0 Å². The van der Waals surface area contributed by atoms with E-state index < -0.39 is 10.0 Å². The molecule has 0 radical (unpaired) electrons. The largest absolute Gasteiger partial charge is 0.399 e. The van der Waals surface area contributed by atoms with Gasteiger partial charge in [0, 0.05) is 18.8 Å². The van der Waals surface area contributed by atoms with Crippen molar-refractivity contribution in [3.8, 4) is 0 Å². The van der Waals surface area contributed by atoms with Gasteiger partial charge in [-0.1, -0.05) is 6.07 Å². The molecule has 108 valence electrons. The number of anilines is 1. The number of sulfonamides is 1. The van der Waals surface area contributed by atoms with Crippen LogP contribution in [0.1, 0.15) is 26.7 Å². The first kappa shape index (κ1) is 15.9. The van der Waals surface area contributed by atoms with Crippen LogP contribution in [0.25, 0.3) is 0 Å². The lowest BCUT2D eigenvalue weighted by Crippen LogP contribution is -2.25. The minimum Gasteiger partial charge on any atom is -0.399 e. The maximum atomic E-state index is 11.9. The van der Waals surface area contributed by atoms with Crippen LogP contribution in [-0.2, 0) is 14.8 Å². The summed E-state index contributed by atoms with van der Waals surface area (Å²) in [5.41, 5.74) is 6.01. The predicted octanol–water partition coefficient (Wildman–Crippen LogP) is 1.75. The third-order valence-electron chi connectivity index (χ3n) is 2.48. The topological polar surface area (TPSA) is 81.4 Å². The molecule has 0 spiro atoms. The average molecular weight is 286 g/mol. The first-order valence-electron chi connectivity index (χ1n) is 6.38. The van der Waals surface area contributed by atoms with E-state index in [1.165, 1.54) is 12.1 Å². The van der Waals surface area contributed by atoms with Gasteiger partial charge in [-0.05, 0) is 44.9 Å². The van der Waals surface area contributed by atoms with Crippen molar-refractivity contribution in [3.05, 3.63) is 24.3 Å². The number of ether oxygens (including phenoxy) is 1. The van der Waals surface area contributed by atoms with Gasteiger partial charge in [-0.15, -0.1) is 0 Å². The Balaban J connectivity index is 2.36. The van der Waals surface area contributed by atoms with Crippen molar-refractivity contribution in [1.82, 2.24) is 4.72 Å². The molecule has 0 fully saturated rings. The van der Waals surface area contributed by atoms with Crippen LogP contribution in [0.4, 0.5) is 5.69 Å². The van der Waals surface area contributed by atoms with Crippen LogP contribution in [0.5, 0.6) is 0 Å². The summed E-state index contributed by atoms with van der Waals surface area (Å²) in [6.45, 7) is 5.00. The smallest absolute Gasteiger partial charge is 0.240 e. The fraction of sp³-hybridized carbons (Fsp3) is 0.538. The first-order valence-corrected chi connectivity index (χ1v) is 7.87. The molecule has 0 aliphatic heterocycles. The van der Waals surface area contributed by atoms with E-state index in [0.717, 1.165) is 12.8 Å². The van der Waals surface area contributed by atoms with Crippen molar-refractivity contribution in [2.45, 2.75) is 37.7 Å². The molecule has 1 aromatic carbocycles. The Hall–Kier alpha value is -1.11.